The summed E-state index contributed by atoms with van der Waals surface area (Å²) in [6, 6.07) is 24.9. The largest absolute Gasteiger partial charge is 0.350 e. The lowest BCUT2D eigenvalue weighted by Gasteiger charge is -2.08. The summed E-state index contributed by atoms with van der Waals surface area (Å²) < 4.78 is 15.8. The molecule has 1 N–H and O–H groups in total. The molecule has 0 fully saturated rings. The highest BCUT2D eigenvalue weighted by atomic mass is 35.5. The van der Waals surface area contributed by atoms with Crippen molar-refractivity contribution in [2.75, 3.05) is 6.54 Å². The molecule has 0 spiro atoms. The second kappa shape index (κ2) is 8.93. The summed E-state index contributed by atoms with van der Waals surface area (Å²) in [7, 11) is 0. The van der Waals surface area contributed by atoms with E-state index < -0.39 is 5.82 Å². The highest BCUT2D eigenvalue weighted by Gasteiger charge is 2.19. The van der Waals surface area contributed by atoms with E-state index in [-0.39, 0.29) is 5.91 Å². The van der Waals surface area contributed by atoms with Gasteiger partial charge in [-0.15, -0.1) is 0 Å². The van der Waals surface area contributed by atoms with Gasteiger partial charge in [0.2, 0.25) is 0 Å². The molecule has 150 valence electrons. The Hall–Kier alpha value is -3.44. The Kier molecular flexibility index (Phi) is 5.91. The van der Waals surface area contributed by atoms with E-state index in [1.165, 1.54) is 10.7 Å². The molecule has 30 heavy (non-hydrogen) atoms. The maximum atomic E-state index is 14.3. The van der Waals surface area contributed by atoms with Gasteiger partial charge in [0.05, 0.1) is 11.4 Å². The van der Waals surface area contributed by atoms with Crippen LogP contribution in [0.25, 0.3) is 16.9 Å². The minimum atomic E-state index is -0.394. The van der Waals surface area contributed by atoms with Crippen LogP contribution >= 0.6 is 11.6 Å². The monoisotopic (exact) mass is 419 g/mol. The zero-order chi connectivity index (χ0) is 20.9. The smallest absolute Gasteiger partial charge is 0.270 e. The molecule has 3 aromatic carbocycles. The third kappa shape index (κ3) is 4.42. The van der Waals surface area contributed by atoms with Gasteiger partial charge in [0.15, 0.2) is 0 Å². The van der Waals surface area contributed by atoms with Crippen LogP contribution in [0.15, 0.2) is 84.9 Å². The van der Waals surface area contributed by atoms with Gasteiger partial charge in [-0.2, -0.15) is 5.10 Å². The molecule has 0 aliphatic rings. The Bertz CT molecular complexity index is 1160. The van der Waals surface area contributed by atoms with E-state index in [2.05, 4.69) is 10.4 Å². The SMILES string of the molecule is O=C(NCCc1ccccc1)c1cc(-c2ccccc2F)nn1-c1ccc(Cl)cc1. The molecule has 1 aromatic heterocycles. The first kappa shape index (κ1) is 19.9. The summed E-state index contributed by atoms with van der Waals surface area (Å²) in [4.78, 5) is 12.9. The fourth-order valence-electron chi connectivity index (χ4n) is 3.18. The summed E-state index contributed by atoms with van der Waals surface area (Å²) in [5.41, 5.74) is 2.84. The van der Waals surface area contributed by atoms with Crippen LogP contribution < -0.4 is 5.32 Å². The fourth-order valence-corrected chi connectivity index (χ4v) is 3.30. The summed E-state index contributed by atoms with van der Waals surface area (Å²) in [6.07, 6.45) is 0.710. The van der Waals surface area contributed by atoms with Gasteiger partial charge in [0, 0.05) is 17.1 Å². The van der Waals surface area contributed by atoms with Crippen LogP contribution in [0.4, 0.5) is 4.39 Å². The van der Waals surface area contributed by atoms with Gasteiger partial charge >= 0.3 is 0 Å². The normalized spacial score (nSPS) is 10.7. The molecule has 0 bridgehead atoms. The van der Waals surface area contributed by atoms with Gasteiger partial charge in [-0.25, -0.2) is 9.07 Å². The number of aromatic nitrogens is 2. The molecule has 4 nitrogen and oxygen atoms in total. The van der Waals surface area contributed by atoms with Crippen molar-refractivity contribution in [2.45, 2.75) is 6.42 Å². The van der Waals surface area contributed by atoms with E-state index in [0.29, 0.717) is 40.6 Å². The molecule has 0 saturated carbocycles. The molecule has 1 heterocycles. The molecule has 4 rings (SSSR count). The maximum Gasteiger partial charge on any atom is 0.270 e. The second-order valence-electron chi connectivity index (χ2n) is 6.77. The van der Waals surface area contributed by atoms with Crippen LogP contribution in [0.5, 0.6) is 0 Å². The second-order valence-corrected chi connectivity index (χ2v) is 7.21. The fraction of sp³-hybridized carbons (Fsp3) is 0.0833. The van der Waals surface area contributed by atoms with Crippen LogP contribution in [0.1, 0.15) is 16.1 Å². The van der Waals surface area contributed by atoms with Crippen molar-refractivity contribution in [3.63, 3.8) is 0 Å². The molecular weight excluding hydrogens is 401 g/mol. The maximum absolute atomic E-state index is 14.3. The third-order valence-corrected chi connectivity index (χ3v) is 4.96. The average molecular weight is 420 g/mol. The molecule has 0 atom stereocenters. The van der Waals surface area contributed by atoms with Crippen molar-refractivity contribution in [3.8, 4) is 16.9 Å². The molecule has 0 aliphatic carbocycles. The lowest BCUT2D eigenvalue weighted by atomic mass is 10.1. The summed E-state index contributed by atoms with van der Waals surface area (Å²) >= 11 is 5.99. The van der Waals surface area contributed by atoms with Crippen molar-refractivity contribution in [3.05, 3.63) is 107 Å². The number of rotatable bonds is 6. The molecule has 4 aromatic rings. The van der Waals surface area contributed by atoms with Crippen molar-refractivity contribution in [1.82, 2.24) is 15.1 Å². The number of amides is 1. The van der Waals surface area contributed by atoms with E-state index in [1.807, 2.05) is 30.3 Å². The highest BCUT2D eigenvalue weighted by Crippen LogP contribution is 2.24. The van der Waals surface area contributed by atoms with Crippen molar-refractivity contribution in [1.29, 1.82) is 0 Å². The Morgan fingerprint density at radius 3 is 2.40 bits per heavy atom. The lowest BCUT2D eigenvalue weighted by Crippen LogP contribution is -2.27. The van der Waals surface area contributed by atoms with Crippen LogP contribution in [0.3, 0.4) is 0 Å². The minimum absolute atomic E-state index is 0.282. The third-order valence-electron chi connectivity index (χ3n) is 4.71. The zero-order valence-corrected chi connectivity index (χ0v) is 16.8. The molecule has 1 amide bonds. The number of carbonyl (C=O) groups is 1. The van der Waals surface area contributed by atoms with Crippen LogP contribution in [-0.4, -0.2) is 22.2 Å². The van der Waals surface area contributed by atoms with Gasteiger partial charge in [0.1, 0.15) is 11.5 Å². The number of hydrogen-bond donors (Lipinski definition) is 1. The van der Waals surface area contributed by atoms with Crippen LogP contribution in [0, 0.1) is 5.82 Å². The zero-order valence-electron chi connectivity index (χ0n) is 16.1. The first-order valence-corrected chi connectivity index (χ1v) is 9.92. The van der Waals surface area contributed by atoms with E-state index >= 15 is 0 Å². The van der Waals surface area contributed by atoms with E-state index in [4.69, 9.17) is 11.6 Å². The quantitative estimate of drug-likeness (QED) is 0.460. The lowest BCUT2D eigenvalue weighted by molar-refractivity contribution is 0.0946. The van der Waals surface area contributed by atoms with Gasteiger partial charge in [-0.05, 0) is 54.4 Å². The number of nitrogens with zero attached hydrogens (tertiary/aromatic N) is 2. The Morgan fingerprint density at radius 1 is 0.967 bits per heavy atom. The predicted octanol–water partition coefficient (Wildman–Crippen LogP) is 5.30. The molecule has 0 aliphatic heterocycles. The van der Waals surface area contributed by atoms with Gasteiger partial charge in [-0.3, -0.25) is 4.79 Å². The number of benzene rings is 3. The standard InChI is InChI=1S/C24H19ClFN3O/c25-18-10-12-19(13-11-18)29-23(16-22(28-29)20-8-4-5-9-21(20)26)24(30)27-15-14-17-6-2-1-3-7-17/h1-13,16H,14-15H2,(H,27,30). The van der Waals surface area contributed by atoms with E-state index in [1.54, 1.807) is 48.5 Å². The Labute approximate surface area is 178 Å². The van der Waals surface area contributed by atoms with Crippen LogP contribution in [-0.2, 0) is 6.42 Å². The number of halogens is 2. The first-order valence-electron chi connectivity index (χ1n) is 9.55. The topological polar surface area (TPSA) is 46.9 Å². The van der Waals surface area contributed by atoms with Crippen LogP contribution in [0.2, 0.25) is 5.02 Å². The summed E-state index contributed by atoms with van der Waals surface area (Å²) in [5.74, 6) is -0.676. The van der Waals surface area contributed by atoms with Crippen molar-refractivity contribution < 1.29 is 9.18 Å². The number of nitrogens with one attached hydrogen (secondary N) is 1. The number of carbonyl (C=O) groups excluding carboxylic acids is 1. The molecule has 0 unspecified atom stereocenters. The molecule has 0 saturated heterocycles. The average Bonchev–Trinajstić information content (AvgIpc) is 3.20. The summed E-state index contributed by atoms with van der Waals surface area (Å²) in [6.45, 7) is 0.476. The molecule has 0 radical (unpaired) electrons. The van der Waals surface area contributed by atoms with Gasteiger partial charge in [0.25, 0.3) is 5.91 Å². The van der Waals surface area contributed by atoms with Gasteiger partial charge in [-0.1, -0.05) is 54.1 Å². The first-order chi connectivity index (χ1) is 14.6. The molecular formula is C24H19ClFN3O. The van der Waals surface area contributed by atoms with Crippen molar-refractivity contribution in [2.24, 2.45) is 0 Å². The summed E-state index contributed by atoms with van der Waals surface area (Å²) in [5, 5.41) is 8.01. The predicted molar refractivity (Wildman–Crippen MR) is 116 cm³/mol. The highest BCUT2D eigenvalue weighted by molar-refractivity contribution is 6.30. The molecule has 6 heteroatoms. The van der Waals surface area contributed by atoms with E-state index in [0.717, 1.165) is 5.56 Å². The van der Waals surface area contributed by atoms with Crippen molar-refractivity contribution >= 4 is 17.5 Å². The minimum Gasteiger partial charge on any atom is -0.350 e. The van der Waals surface area contributed by atoms with E-state index in [9.17, 15) is 9.18 Å². The Balaban J connectivity index is 1.63. The Morgan fingerprint density at radius 2 is 1.67 bits per heavy atom. The van der Waals surface area contributed by atoms with Gasteiger partial charge < -0.3 is 5.32 Å². The number of hydrogen-bond acceptors (Lipinski definition) is 2.